The van der Waals surface area contributed by atoms with Gasteiger partial charge in [0.1, 0.15) is 0 Å². The molecule has 0 radical (unpaired) electrons. The van der Waals surface area contributed by atoms with E-state index in [0.29, 0.717) is 12.6 Å². The standard InChI is InChI=1S/C20H24N2/c1-2-10-22-11-9-14-5-4-8-17-19-15(12-18(22)20(14)17)6-3-7-16(19)13-21/h3-8,18H,2,9-13,21H2,1H3. The Morgan fingerprint density at radius 2 is 1.95 bits per heavy atom. The van der Waals surface area contributed by atoms with Crippen LogP contribution in [0.15, 0.2) is 36.4 Å². The average molecular weight is 292 g/mol. The van der Waals surface area contributed by atoms with Crippen molar-refractivity contribution in [2.24, 2.45) is 5.73 Å². The third-order valence-electron chi connectivity index (χ3n) is 5.29. The summed E-state index contributed by atoms with van der Waals surface area (Å²) in [6, 6.07) is 14.1. The molecule has 1 heterocycles. The molecule has 22 heavy (non-hydrogen) atoms. The molecule has 1 aliphatic heterocycles. The lowest BCUT2D eigenvalue weighted by Gasteiger charge is -2.42. The van der Waals surface area contributed by atoms with Crippen molar-refractivity contribution >= 4 is 0 Å². The van der Waals surface area contributed by atoms with Crippen molar-refractivity contribution in [3.63, 3.8) is 0 Å². The molecule has 1 aliphatic carbocycles. The third-order valence-corrected chi connectivity index (χ3v) is 5.29. The topological polar surface area (TPSA) is 29.3 Å². The molecule has 0 fully saturated rings. The minimum absolute atomic E-state index is 0.556. The Labute approximate surface area is 132 Å². The Morgan fingerprint density at radius 3 is 2.77 bits per heavy atom. The van der Waals surface area contributed by atoms with Gasteiger partial charge < -0.3 is 5.73 Å². The molecular formula is C20H24N2. The molecule has 4 rings (SSSR count). The predicted octanol–water partition coefficient (Wildman–Crippen LogP) is 3.68. The van der Waals surface area contributed by atoms with E-state index in [9.17, 15) is 0 Å². The van der Waals surface area contributed by atoms with Crippen molar-refractivity contribution in [1.29, 1.82) is 0 Å². The number of nitrogens with two attached hydrogens (primary N) is 1. The average Bonchev–Trinajstić information content (AvgIpc) is 2.57. The lowest BCUT2D eigenvalue weighted by Crippen LogP contribution is -2.39. The summed E-state index contributed by atoms with van der Waals surface area (Å²) in [6.45, 7) is 5.30. The van der Waals surface area contributed by atoms with Gasteiger partial charge in [-0.05, 0) is 59.2 Å². The first-order chi connectivity index (χ1) is 10.8. The van der Waals surface area contributed by atoms with E-state index in [1.54, 1.807) is 11.1 Å². The first-order valence-electron chi connectivity index (χ1n) is 8.50. The Balaban J connectivity index is 1.93. The summed E-state index contributed by atoms with van der Waals surface area (Å²) < 4.78 is 0. The lowest BCUT2D eigenvalue weighted by molar-refractivity contribution is 0.183. The third kappa shape index (κ3) is 2.02. The van der Waals surface area contributed by atoms with E-state index < -0.39 is 0 Å². The van der Waals surface area contributed by atoms with Gasteiger partial charge in [-0.15, -0.1) is 0 Å². The maximum atomic E-state index is 6.01. The molecule has 0 saturated heterocycles. The van der Waals surface area contributed by atoms with Crippen molar-refractivity contribution in [3.8, 4) is 11.1 Å². The van der Waals surface area contributed by atoms with E-state index in [-0.39, 0.29) is 0 Å². The molecule has 0 spiro atoms. The summed E-state index contributed by atoms with van der Waals surface area (Å²) in [7, 11) is 0. The fourth-order valence-corrected chi connectivity index (χ4v) is 4.38. The molecule has 0 amide bonds. The van der Waals surface area contributed by atoms with Crippen LogP contribution in [0.25, 0.3) is 11.1 Å². The molecule has 114 valence electrons. The van der Waals surface area contributed by atoms with Gasteiger partial charge in [0.2, 0.25) is 0 Å². The number of fused-ring (bicyclic) bond motifs is 2. The van der Waals surface area contributed by atoms with Crippen LogP contribution in [0.1, 0.15) is 41.6 Å². The molecule has 0 bridgehead atoms. The SMILES string of the molecule is CCCN1CCc2cccc3c2C1Cc1cccc(CN)c1-3. The highest BCUT2D eigenvalue weighted by Gasteiger charge is 2.34. The number of benzene rings is 2. The normalized spacial score (nSPS) is 19.6. The minimum Gasteiger partial charge on any atom is -0.326 e. The molecule has 0 saturated carbocycles. The lowest BCUT2D eigenvalue weighted by atomic mass is 9.75. The fourth-order valence-electron chi connectivity index (χ4n) is 4.38. The second kappa shape index (κ2) is 5.53. The van der Waals surface area contributed by atoms with Crippen molar-refractivity contribution < 1.29 is 0 Å². The second-order valence-corrected chi connectivity index (χ2v) is 6.54. The van der Waals surface area contributed by atoms with Gasteiger partial charge >= 0.3 is 0 Å². The van der Waals surface area contributed by atoms with Crippen LogP contribution in [0.3, 0.4) is 0 Å². The zero-order valence-electron chi connectivity index (χ0n) is 13.3. The Kier molecular flexibility index (Phi) is 3.51. The number of hydrogen-bond acceptors (Lipinski definition) is 2. The van der Waals surface area contributed by atoms with Crippen molar-refractivity contribution in [3.05, 3.63) is 58.7 Å². The van der Waals surface area contributed by atoms with E-state index in [2.05, 4.69) is 48.2 Å². The van der Waals surface area contributed by atoms with Crippen molar-refractivity contribution in [1.82, 2.24) is 4.90 Å². The minimum atomic E-state index is 0.556. The van der Waals surface area contributed by atoms with E-state index in [4.69, 9.17) is 5.73 Å². The van der Waals surface area contributed by atoms with Crippen LogP contribution in [-0.4, -0.2) is 18.0 Å². The summed E-state index contributed by atoms with van der Waals surface area (Å²) in [4.78, 5) is 2.68. The van der Waals surface area contributed by atoms with Crippen molar-refractivity contribution in [2.75, 3.05) is 13.1 Å². The van der Waals surface area contributed by atoms with Gasteiger partial charge in [-0.1, -0.05) is 43.3 Å². The van der Waals surface area contributed by atoms with Crippen LogP contribution in [-0.2, 0) is 19.4 Å². The van der Waals surface area contributed by atoms with Crippen LogP contribution < -0.4 is 5.73 Å². The molecule has 2 aromatic rings. The molecule has 2 aliphatic rings. The highest BCUT2D eigenvalue weighted by Crippen LogP contribution is 2.46. The van der Waals surface area contributed by atoms with E-state index >= 15 is 0 Å². The molecule has 2 aromatic carbocycles. The molecule has 2 N–H and O–H groups in total. The fraction of sp³-hybridized carbons (Fsp3) is 0.400. The van der Waals surface area contributed by atoms with Gasteiger partial charge in [0, 0.05) is 19.1 Å². The van der Waals surface area contributed by atoms with Gasteiger partial charge in [-0.2, -0.15) is 0 Å². The highest BCUT2D eigenvalue weighted by molar-refractivity contribution is 5.78. The summed E-state index contributed by atoms with van der Waals surface area (Å²) >= 11 is 0. The molecule has 1 atom stereocenters. The van der Waals surface area contributed by atoms with Crippen LogP contribution in [0.2, 0.25) is 0 Å². The van der Waals surface area contributed by atoms with Gasteiger partial charge in [0.25, 0.3) is 0 Å². The van der Waals surface area contributed by atoms with E-state index in [1.165, 1.54) is 48.2 Å². The zero-order chi connectivity index (χ0) is 15.1. The van der Waals surface area contributed by atoms with Gasteiger partial charge in [-0.3, -0.25) is 4.90 Å². The zero-order valence-corrected chi connectivity index (χ0v) is 13.3. The molecule has 1 unspecified atom stereocenters. The molecule has 2 nitrogen and oxygen atoms in total. The number of nitrogens with zero attached hydrogens (tertiary/aromatic N) is 1. The Bertz CT molecular complexity index is 705. The first kappa shape index (κ1) is 14.0. The second-order valence-electron chi connectivity index (χ2n) is 6.54. The maximum Gasteiger partial charge on any atom is 0.0397 e. The van der Waals surface area contributed by atoms with Gasteiger partial charge in [-0.25, -0.2) is 0 Å². The van der Waals surface area contributed by atoms with Gasteiger partial charge in [0.05, 0.1) is 0 Å². The summed E-state index contributed by atoms with van der Waals surface area (Å²) in [5.41, 5.74) is 14.8. The number of hydrogen-bond donors (Lipinski definition) is 1. The quantitative estimate of drug-likeness (QED) is 0.935. The summed E-state index contributed by atoms with van der Waals surface area (Å²) in [5.74, 6) is 0. The van der Waals surface area contributed by atoms with Crippen LogP contribution in [0.5, 0.6) is 0 Å². The van der Waals surface area contributed by atoms with Gasteiger partial charge in [0.15, 0.2) is 0 Å². The molecular weight excluding hydrogens is 268 g/mol. The van der Waals surface area contributed by atoms with Crippen LogP contribution in [0.4, 0.5) is 0 Å². The largest absolute Gasteiger partial charge is 0.326 e. The monoisotopic (exact) mass is 292 g/mol. The smallest absolute Gasteiger partial charge is 0.0397 e. The predicted molar refractivity (Wildman–Crippen MR) is 91.8 cm³/mol. The van der Waals surface area contributed by atoms with Crippen LogP contribution in [0, 0.1) is 0 Å². The van der Waals surface area contributed by atoms with Crippen LogP contribution >= 0.6 is 0 Å². The summed E-state index contributed by atoms with van der Waals surface area (Å²) in [6.07, 6.45) is 3.54. The van der Waals surface area contributed by atoms with Crippen molar-refractivity contribution in [2.45, 2.75) is 38.8 Å². The van der Waals surface area contributed by atoms with E-state index in [0.717, 1.165) is 6.42 Å². The Morgan fingerprint density at radius 1 is 1.14 bits per heavy atom. The molecule has 2 heteroatoms. The Hall–Kier alpha value is -1.64. The first-order valence-corrected chi connectivity index (χ1v) is 8.50. The summed E-state index contributed by atoms with van der Waals surface area (Å²) in [5, 5.41) is 0. The maximum absolute atomic E-state index is 6.01. The van der Waals surface area contributed by atoms with E-state index in [1.807, 2.05) is 0 Å². The number of rotatable bonds is 3. The molecule has 0 aromatic heterocycles. The highest BCUT2D eigenvalue weighted by atomic mass is 15.2.